The standard InChI is InChI=1S/C21H36N7O16P3S/c1-21(2,16(31)19(32)24-4-3-12(29)23-5-6-48)8-41-47(38,39)44-46(36,37)40-7-11-15(43-45(33,34)35)14(30)20(42-11)28-10-27-13-17(22)25-9-26-18(13)28/h9-11,14-16,20,30-31,48H,3-8H2,1-2H3,(H,23,29)(H,24,32)(H,36,37)(H,38,39)(H2,22,25,26)(H2,33,34,35)/t11-,14-,15+,16+,20?/m1/s1. The lowest BCUT2D eigenvalue weighted by molar-refractivity contribution is -0.137. The van der Waals surface area contributed by atoms with E-state index in [9.17, 15) is 53.1 Å². The number of hydrogen-bond donors (Lipinski definition) is 10. The van der Waals surface area contributed by atoms with E-state index in [1.807, 2.05) is 0 Å². The van der Waals surface area contributed by atoms with Crippen LogP contribution in [-0.2, 0) is 45.9 Å². The summed E-state index contributed by atoms with van der Waals surface area (Å²) >= 11 is 3.95. The highest BCUT2D eigenvalue weighted by Crippen LogP contribution is 2.61. The largest absolute Gasteiger partial charge is 0.481 e. The average Bonchev–Trinajstić information content (AvgIpc) is 3.54. The van der Waals surface area contributed by atoms with Crippen LogP contribution < -0.4 is 16.4 Å². The number of nitrogen functional groups attached to an aromatic ring is 1. The first kappa shape index (κ1) is 40.3. The number of nitrogens with zero attached hydrogens (tertiary/aromatic N) is 4. The number of imidazole rings is 1. The lowest BCUT2D eigenvalue weighted by atomic mass is 9.87. The zero-order chi connectivity index (χ0) is 36.1. The molecule has 0 radical (unpaired) electrons. The molecule has 0 saturated carbocycles. The second-order valence-corrected chi connectivity index (χ2v) is 15.5. The van der Waals surface area contributed by atoms with Crippen LogP contribution in [0.15, 0.2) is 12.7 Å². The molecule has 1 aliphatic heterocycles. The van der Waals surface area contributed by atoms with Gasteiger partial charge in [0.05, 0.1) is 19.5 Å². The Bertz CT molecular complexity index is 1590. The molecule has 0 aliphatic carbocycles. The number of nitrogens with one attached hydrogen (secondary N) is 2. The zero-order valence-electron chi connectivity index (χ0n) is 25.2. The number of fused-ring (bicyclic) bond motifs is 1. The summed E-state index contributed by atoms with van der Waals surface area (Å²) < 4.78 is 61.7. The van der Waals surface area contributed by atoms with E-state index in [1.165, 1.54) is 13.8 Å². The fraction of sp³-hybridized carbons (Fsp3) is 0.667. The summed E-state index contributed by atoms with van der Waals surface area (Å²) in [5.74, 6) is -0.943. The highest BCUT2D eigenvalue weighted by molar-refractivity contribution is 7.80. The van der Waals surface area contributed by atoms with Gasteiger partial charge in [-0.25, -0.2) is 28.6 Å². The Morgan fingerprint density at radius 3 is 2.42 bits per heavy atom. The Balaban J connectivity index is 1.61. The van der Waals surface area contributed by atoms with Gasteiger partial charge in [-0.1, -0.05) is 13.8 Å². The maximum absolute atomic E-state index is 12.6. The van der Waals surface area contributed by atoms with E-state index in [0.717, 1.165) is 17.2 Å². The molecule has 272 valence electrons. The number of carbonyl (C=O) groups excluding carboxylic acids is 2. The summed E-state index contributed by atoms with van der Waals surface area (Å²) in [5, 5.41) is 26.1. The monoisotopic (exact) mass is 767 g/mol. The van der Waals surface area contributed by atoms with Crippen molar-refractivity contribution in [1.82, 2.24) is 30.2 Å². The van der Waals surface area contributed by atoms with Crippen LogP contribution in [-0.4, -0.2) is 118 Å². The van der Waals surface area contributed by atoms with Crippen LogP contribution in [0, 0.1) is 5.41 Å². The van der Waals surface area contributed by atoms with Crippen LogP contribution in [0.1, 0.15) is 26.5 Å². The molecule has 1 aliphatic rings. The molecule has 2 amide bonds. The van der Waals surface area contributed by atoms with Gasteiger partial charge < -0.3 is 50.9 Å². The van der Waals surface area contributed by atoms with Crippen molar-refractivity contribution in [1.29, 1.82) is 0 Å². The Morgan fingerprint density at radius 1 is 1.10 bits per heavy atom. The van der Waals surface area contributed by atoms with Gasteiger partial charge in [0.25, 0.3) is 0 Å². The second kappa shape index (κ2) is 16.3. The number of nitrogens with two attached hydrogens (primary N) is 1. The van der Waals surface area contributed by atoms with Crippen molar-refractivity contribution in [3.05, 3.63) is 12.7 Å². The second-order valence-electron chi connectivity index (χ2n) is 10.8. The maximum Gasteiger partial charge on any atom is 0.481 e. The van der Waals surface area contributed by atoms with Crippen LogP contribution in [0.5, 0.6) is 0 Å². The minimum Gasteiger partial charge on any atom is -0.386 e. The molecule has 23 nitrogen and oxygen atoms in total. The molecule has 48 heavy (non-hydrogen) atoms. The van der Waals surface area contributed by atoms with Gasteiger partial charge >= 0.3 is 23.5 Å². The maximum atomic E-state index is 12.6. The van der Waals surface area contributed by atoms with E-state index in [-0.39, 0.29) is 35.9 Å². The molecule has 1 fully saturated rings. The van der Waals surface area contributed by atoms with Crippen molar-refractivity contribution in [3.8, 4) is 0 Å². The minimum absolute atomic E-state index is 0.0363. The predicted octanol–water partition coefficient (Wildman–Crippen LogP) is -1.67. The Labute approximate surface area is 277 Å². The number of carbonyl (C=O) groups is 2. The van der Waals surface area contributed by atoms with Gasteiger partial charge in [-0.15, -0.1) is 0 Å². The van der Waals surface area contributed by atoms with Gasteiger partial charge in [-0.05, 0) is 0 Å². The summed E-state index contributed by atoms with van der Waals surface area (Å²) in [6.45, 7) is 0.723. The van der Waals surface area contributed by atoms with Crippen LogP contribution in [0.2, 0.25) is 0 Å². The van der Waals surface area contributed by atoms with Crippen molar-refractivity contribution in [2.75, 3.05) is 37.8 Å². The highest BCUT2D eigenvalue weighted by Gasteiger charge is 2.50. The Kier molecular flexibility index (Phi) is 13.7. The minimum atomic E-state index is -5.54. The van der Waals surface area contributed by atoms with Crippen LogP contribution >= 0.6 is 36.1 Å². The number of phosphoric acid groups is 3. The molecule has 7 atom stereocenters. The van der Waals surface area contributed by atoms with Gasteiger partial charge in [-0.2, -0.15) is 16.9 Å². The van der Waals surface area contributed by atoms with Gasteiger partial charge in [0.15, 0.2) is 17.7 Å². The molecule has 10 N–H and O–H groups in total. The van der Waals surface area contributed by atoms with Crippen molar-refractivity contribution in [3.63, 3.8) is 0 Å². The third kappa shape index (κ3) is 11.2. The van der Waals surface area contributed by atoms with E-state index in [4.69, 9.17) is 19.5 Å². The van der Waals surface area contributed by atoms with Crippen LogP contribution in [0.3, 0.4) is 0 Å². The van der Waals surface area contributed by atoms with Gasteiger partial charge in [0, 0.05) is 30.7 Å². The van der Waals surface area contributed by atoms with Crippen molar-refractivity contribution >= 4 is 64.9 Å². The fourth-order valence-electron chi connectivity index (χ4n) is 4.14. The molecule has 0 aromatic carbocycles. The number of aliphatic hydroxyl groups is 2. The summed E-state index contributed by atoms with van der Waals surface area (Å²) in [6.07, 6.45) is -6.74. The summed E-state index contributed by atoms with van der Waals surface area (Å²) in [6, 6.07) is 0. The SMILES string of the molecule is CC(C)(COP(=O)(O)OP(=O)(O)OC[C@H]1OC(n2cnc3c(N)ncnc32)[C@H](O)[C@H]1OP(=O)(O)O)[C@@H](O)C(=O)NCCC(=O)NCCS. The topological polar surface area (TPSA) is 347 Å². The third-order valence-corrected chi connectivity index (χ3v) is 9.83. The van der Waals surface area contributed by atoms with Crippen molar-refractivity contribution < 1.29 is 75.7 Å². The summed E-state index contributed by atoms with van der Waals surface area (Å²) in [4.78, 5) is 74.6. The number of ether oxygens (including phenoxy) is 1. The molecule has 27 heteroatoms. The molecule has 0 bridgehead atoms. The third-order valence-electron chi connectivity index (χ3n) is 6.51. The number of aromatic nitrogens is 4. The van der Waals surface area contributed by atoms with E-state index < -0.39 is 78.6 Å². The quantitative estimate of drug-likeness (QED) is 0.0599. The number of hydrogen-bond acceptors (Lipinski definition) is 17. The Morgan fingerprint density at radius 2 is 1.77 bits per heavy atom. The number of anilines is 1. The van der Waals surface area contributed by atoms with Crippen LogP contribution in [0.4, 0.5) is 5.82 Å². The first-order valence-corrected chi connectivity index (χ1v) is 18.8. The van der Waals surface area contributed by atoms with Gasteiger partial charge in [-0.3, -0.25) is 27.7 Å². The predicted molar refractivity (Wildman–Crippen MR) is 163 cm³/mol. The van der Waals surface area contributed by atoms with Gasteiger partial charge in [0.1, 0.15) is 36.3 Å². The van der Waals surface area contributed by atoms with E-state index in [2.05, 4.69) is 47.0 Å². The van der Waals surface area contributed by atoms with E-state index in [1.54, 1.807) is 0 Å². The number of aliphatic hydroxyl groups excluding tert-OH is 2. The number of phosphoric ester groups is 3. The van der Waals surface area contributed by atoms with E-state index in [0.29, 0.717) is 12.3 Å². The molecular weight excluding hydrogens is 731 g/mol. The number of thiol groups is 1. The van der Waals surface area contributed by atoms with E-state index >= 15 is 0 Å². The fourth-order valence-corrected chi connectivity index (χ4v) is 7.08. The smallest absolute Gasteiger partial charge is 0.386 e. The molecule has 3 rings (SSSR count). The molecule has 3 unspecified atom stereocenters. The molecular formula is C21H36N7O16P3S. The number of rotatable bonds is 18. The molecule has 1 saturated heterocycles. The van der Waals surface area contributed by atoms with Crippen molar-refractivity contribution in [2.24, 2.45) is 5.41 Å². The van der Waals surface area contributed by atoms with Crippen LogP contribution in [0.25, 0.3) is 11.2 Å². The molecule has 3 heterocycles. The molecule has 0 spiro atoms. The number of amides is 2. The lowest BCUT2D eigenvalue weighted by Crippen LogP contribution is -2.46. The lowest BCUT2D eigenvalue weighted by Gasteiger charge is -2.30. The van der Waals surface area contributed by atoms with Gasteiger partial charge in [0.2, 0.25) is 11.8 Å². The summed E-state index contributed by atoms with van der Waals surface area (Å²) in [7, 11) is -16.3. The van der Waals surface area contributed by atoms with Crippen molar-refractivity contribution in [2.45, 2.75) is 50.9 Å². The first-order chi connectivity index (χ1) is 22.2. The zero-order valence-corrected chi connectivity index (χ0v) is 28.8. The molecule has 2 aromatic rings. The first-order valence-electron chi connectivity index (χ1n) is 13.7. The average molecular weight is 768 g/mol. The molecule has 2 aromatic heterocycles. The normalized spacial score (nSPS) is 23.4. The highest BCUT2D eigenvalue weighted by atomic mass is 32.1. The Hall–Kier alpha value is -2.11. The summed E-state index contributed by atoms with van der Waals surface area (Å²) in [5.41, 5.74) is 4.30.